The molecule has 0 fully saturated rings. The highest BCUT2D eigenvalue weighted by molar-refractivity contribution is 7.54. The summed E-state index contributed by atoms with van der Waals surface area (Å²) in [6, 6.07) is 9.94. The first-order valence-electron chi connectivity index (χ1n) is 9.13. The third-order valence-corrected chi connectivity index (χ3v) is 7.19. The monoisotopic (exact) mass is 448 g/mol. The van der Waals surface area contributed by atoms with Crippen molar-refractivity contribution in [1.82, 2.24) is 0 Å². The Morgan fingerprint density at radius 2 is 1.75 bits per heavy atom. The van der Waals surface area contributed by atoms with Crippen LogP contribution in [0.2, 0.25) is 10.0 Å². The van der Waals surface area contributed by atoms with Gasteiger partial charge < -0.3 is 14.2 Å². The second-order valence-electron chi connectivity index (χ2n) is 6.36. The van der Waals surface area contributed by atoms with Crippen molar-refractivity contribution in [2.45, 2.75) is 44.9 Å². The van der Waals surface area contributed by atoms with Crippen LogP contribution in [0.3, 0.4) is 0 Å². The molecule has 2 aromatic rings. The van der Waals surface area contributed by atoms with Crippen LogP contribution in [0.1, 0.15) is 45.1 Å². The molecule has 0 saturated heterocycles. The predicted molar refractivity (Wildman–Crippen MR) is 111 cm³/mol. The summed E-state index contributed by atoms with van der Waals surface area (Å²) in [4.78, 5) is 10.9. The van der Waals surface area contributed by atoms with E-state index in [9.17, 15) is 13.8 Å². The molecular formula is C20H24Cl2FO4P. The summed E-state index contributed by atoms with van der Waals surface area (Å²) in [6.07, 6.45) is 2.57. The second kappa shape index (κ2) is 10.1. The standard InChI is InChI=1S/C20H24Cl2FO4P/c1-3-5-6-13-20(28(24,25)26-4-2,15-7-9-16(23)10-8-15)27-17-11-12-18(21)19(22)14-17/h7-12,14H,3-6,13H2,1-2H3,(H,24,25). The van der Waals surface area contributed by atoms with E-state index in [0.717, 1.165) is 12.8 Å². The zero-order chi connectivity index (χ0) is 20.8. The van der Waals surface area contributed by atoms with E-state index in [1.165, 1.54) is 30.3 Å². The minimum Gasteiger partial charge on any atom is -0.470 e. The van der Waals surface area contributed by atoms with E-state index in [2.05, 4.69) is 0 Å². The van der Waals surface area contributed by atoms with Crippen molar-refractivity contribution in [1.29, 1.82) is 0 Å². The number of unbranched alkanes of at least 4 members (excludes halogenated alkanes) is 2. The lowest BCUT2D eigenvalue weighted by molar-refractivity contribution is 0.0908. The van der Waals surface area contributed by atoms with Crippen LogP contribution in [0.5, 0.6) is 5.75 Å². The van der Waals surface area contributed by atoms with Crippen molar-refractivity contribution in [3.8, 4) is 5.75 Å². The summed E-state index contributed by atoms with van der Waals surface area (Å²) in [5.74, 6) is -0.186. The van der Waals surface area contributed by atoms with Crippen LogP contribution >= 0.6 is 30.8 Å². The molecule has 2 rings (SSSR count). The van der Waals surface area contributed by atoms with E-state index in [4.69, 9.17) is 32.5 Å². The van der Waals surface area contributed by atoms with Gasteiger partial charge in [-0.25, -0.2) is 4.39 Å². The van der Waals surface area contributed by atoms with E-state index >= 15 is 0 Å². The van der Waals surface area contributed by atoms with Gasteiger partial charge in [-0.15, -0.1) is 0 Å². The molecule has 154 valence electrons. The van der Waals surface area contributed by atoms with Crippen molar-refractivity contribution in [3.05, 3.63) is 63.9 Å². The molecule has 0 aliphatic carbocycles. The lowest BCUT2D eigenvalue weighted by Crippen LogP contribution is -2.34. The molecule has 0 radical (unpaired) electrons. The quantitative estimate of drug-likeness (QED) is 0.309. The van der Waals surface area contributed by atoms with Crippen LogP contribution in [0.15, 0.2) is 42.5 Å². The fourth-order valence-corrected chi connectivity index (χ4v) is 4.94. The Kier molecular flexibility index (Phi) is 8.35. The highest BCUT2D eigenvalue weighted by Gasteiger charge is 2.52. The smallest absolute Gasteiger partial charge is 0.375 e. The van der Waals surface area contributed by atoms with Crippen LogP contribution in [0.25, 0.3) is 0 Å². The number of hydrogen-bond acceptors (Lipinski definition) is 3. The van der Waals surface area contributed by atoms with Crippen molar-refractivity contribution in [2.24, 2.45) is 0 Å². The number of rotatable bonds is 10. The Hall–Kier alpha value is -1.10. The minimum absolute atomic E-state index is 0.0230. The van der Waals surface area contributed by atoms with Gasteiger partial charge in [0.1, 0.15) is 11.6 Å². The molecule has 0 amide bonds. The molecule has 0 aliphatic rings. The van der Waals surface area contributed by atoms with Gasteiger partial charge in [0.2, 0.25) is 5.34 Å². The van der Waals surface area contributed by atoms with Gasteiger partial charge in [0.05, 0.1) is 16.7 Å². The van der Waals surface area contributed by atoms with Crippen LogP contribution in [-0.2, 0) is 14.4 Å². The Morgan fingerprint density at radius 3 is 2.32 bits per heavy atom. The summed E-state index contributed by atoms with van der Waals surface area (Å²) >= 11 is 12.1. The van der Waals surface area contributed by atoms with Crippen LogP contribution in [0.4, 0.5) is 4.39 Å². The third kappa shape index (κ3) is 5.28. The summed E-state index contributed by atoms with van der Waals surface area (Å²) in [5.41, 5.74) is 0.357. The molecule has 0 aliphatic heterocycles. The first-order chi connectivity index (χ1) is 13.3. The normalized spacial score (nSPS) is 15.6. The topological polar surface area (TPSA) is 55.8 Å². The van der Waals surface area contributed by atoms with Crippen molar-refractivity contribution in [2.75, 3.05) is 6.61 Å². The van der Waals surface area contributed by atoms with Crippen LogP contribution < -0.4 is 4.74 Å². The lowest BCUT2D eigenvalue weighted by atomic mass is 10.0. The van der Waals surface area contributed by atoms with Gasteiger partial charge in [0, 0.05) is 18.1 Å². The van der Waals surface area contributed by atoms with Gasteiger partial charge in [0.25, 0.3) is 0 Å². The maximum absolute atomic E-state index is 13.5. The number of hydrogen-bond donors (Lipinski definition) is 1. The third-order valence-electron chi connectivity index (χ3n) is 4.35. The molecule has 1 N–H and O–H groups in total. The molecule has 4 nitrogen and oxygen atoms in total. The highest BCUT2D eigenvalue weighted by atomic mass is 35.5. The Balaban J connectivity index is 2.61. The Morgan fingerprint density at radius 1 is 1.07 bits per heavy atom. The molecular weight excluding hydrogens is 425 g/mol. The van der Waals surface area contributed by atoms with Gasteiger partial charge in [0.15, 0.2) is 0 Å². The molecule has 0 heterocycles. The lowest BCUT2D eigenvalue weighted by Gasteiger charge is -2.37. The van der Waals surface area contributed by atoms with Gasteiger partial charge in [-0.05, 0) is 37.6 Å². The van der Waals surface area contributed by atoms with E-state index in [1.54, 1.807) is 19.1 Å². The highest BCUT2D eigenvalue weighted by Crippen LogP contribution is 2.63. The fourth-order valence-electron chi connectivity index (χ4n) is 2.96. The molecule has 8 heteroatoms. The van der Waals surface area contributed by atoms with E-state index in [0.29, 0.717) is 17.0 Å². The van der Waals surface area contributed by atoms with Gasteiger partial charge >= 0.3 is 7.60 Å². The fraction of sp³-hybridized carbons (Fsp3) is 0.400. The second-order valence-corrected chi connectivity index (χ2v) is 9.20. The first-order valence-corrected chi connectivity index (χ1v) is 11.5. The molecule has 2 unspecified atom stereocenters. The molecule has 0 spiro atoms. The summed E-state index contributed by atoms with van der Waals surface area (Å²) in [6.45, 7) is 3.68. The molecule has 2 atom stereocenters. The van der Waals surface area contributed by atoms with Crippen molar-refractivity contribution < 1.29 is 23.1 Å². The summed E-state index contributed by atoms with van der Waals surface area (Å²) in [5, 5.41) is -1.11. The molecule has 0 bridgehead atoms. The van der Waals surface area contributed by atoms with E-state index in [1.807, 2.05) is 6.92 Å². The van der Waals surface area contributed by atoms with Gasteiger partial charge in [-0.3, -0.25) is 4.57 Å². The van der Waals surface area contributed by atoms with E-state index in [-0.39, 0.29) is 23.8 Å². The summed E-state index contributed by atoms with van der Waals surface area (Å²) < 4.78 is 38.2. The SMILES string of the molecule is CCCCCC(Oc1ccc(Cl)c(Cl)c1)(c1ccc(F)cc1)P(=O)(O)OCC. The molecule has 0 saturated carbocycles. The minimum atomic E-state index is -4.32. The van der Waals surface area contributed by atoms with Crippen LogP contribution in [-0.4, -0.2) is 11.5 Å². The molecule has 28 heavy (non-hydrogen) atoms. The summed E-state index contributed by atoms with van der Waals surface area (Å²) in [7, 11) is -4.32. The van der Waals surface area contributed by atoms with Crippen molar-refractivity contribution in [3.63, 3.8) is 0 Å². The molecule has 0 aromatic heterocycles. The maximum atomic E-state index is 13.5. The van der Waals surface area contributed by atoms with Crippen LogP contribution in [0, 0.1) is 5.82 Å². The Labute approximate surface area is 175 Å². The average Bonchev–Trinajstić information content (AvgIpc) is 2.64. The van der Waals surface area contributed by atoms with Crippen molar-refractivity contribution >= 4 is 30.8 Å². The van der Waals surface area contributed by atoms with Gasteiger partial charge in [-0.1, -0.05) is 55.1 Å². The predicted octanol–water partition coefficient (Wildman–Crippen LogP) is 7.17. The number of benzene rings is 2. The Bertz CT molecular complexity index is 831. The largest absolute Gasteiger partial charge is 0.470 e. The van der Waals surface area contributed by atoms with E-state index < -0.39 is 18.8 Å². The zero-order valence-electron chi connectivity index (χ0n) is 15.8. The van der Waals surface area contributed by atoms with Gasteiger partial charge in [-0.2, -0.15) is 0 Å². The number of halogens is 3. The molecule has 2 aromatic carbocycles. The maximum Gasteiger partial charge on any atom is 0.375 e. The zero-order valence-corrected chi connectivity index (χ0v) is 18.2. The number of ether oxygens (including phenoxy) is 1. The average molecular weight is 449 g/mol. The first kappa shape index (κ1) is 23.2.